The molecule has 1 saturated heterocycles. The summed E-state index contributed by atoms with van der Waals surface area (Å²) in [5, 5.41) is 10.8. The number of aromatic carboxylic acids is 1. The van der Waals surface area contributed by atoms with E-state index >= 15 is 0 Å². The van der Waals surface area contributed by atoms with Crippen LogP contribution in [-0.4, -0.2) is 43.7 Å². The number of hydrogen-bond acceptors (Lipinski definition) is 4. The number of rotatable bonds is 6. The largest absolute Gasteiger partial charge is 0.478 e. The number of carboxylic acid groups (broad SMARTS) is 1. The number of carboxylic acids is 1. The van der Waals surface area contributed by atoms with Gasteiger partial charge in [0.15, 0.2) is 9.84 Å². The van der Waals surface area contributed by atoms with Gasteiger partial charge in [0.2, 0.25) is 0 Å². The van der Waals surface area contributed by atoms with Gasteiger partial charge >= 0.3 is 5.97 Å². The molecule has 0 unspecified atom stereocenters. The minimum absolute atomic E-state index is 0.0316. The molecular formula is C25H21Cl2NO4S. The summed E-state index contributed by atoms with van der Waals surface area (Å²) in [6.45, 7) is 0.762. The van der Waals surface area contributed by atoms with Crippen molar-refractivity contribution in [2.75, 3.05) is 19.3 Å². The maximum atomic E-state index is 12.7. The van der Waals surface area contributed by atoms with Crippen LogP contribution in [0.5, 0.6) is 0 Å². The zero-order valence-electron chi connectivity index (χ0n) is 17.7. The van der Waals surface area contributed by atoms with Gasteiger partial charge in [-0.15, -0.1) is 0 Å². The quantitative estimate of drug-likeness (QED) is 0.478. The van der Waals surface area contributed by atoms with E-state index in [4.69, 9.17) is 23.2 Å². The van der Waals surface area contributed by atoms with E-state index in [2.05, 4.69) is 4.90 Å². The van der Waals surface area contributed by atoms with Crippen molar-refractivity contribution in [3.05, 3.63) is 111 Å². The first-order valence-electron chi connectivity index (χ1n) is 10.1. The molecule has 3 aromatic rings. The molecule has 4 rings (SSSR count). The molecular weight excluding hydrogens is 481 g/mol. The summed E-state index contributed by atoms with van der Waals surface area (Å²) < 4.78 is 25.5. The van der Waals surface area contributed by atoms with Crippen molar-refractivity contribution in [3.8, 4) is 0 Å². The van der Waals surface area contributed by atoms with E-state index in [1.165, 1.54) is 6.07 Å². The average Bonchev–Trinajstić information content (AvgIpc) is 2.73. The molecule has 33 heavy (non-hydrogen) atoms. The second kappa shape index (κ2) is 9.31. The number of sulfone groups is 1. The molecule has 0 spiro atoms. The van der Waals surface area contributed by atoms with Crippen LogP contribution in [0.25, 0.3) is 4.91 Å². The molecule has 1 heterocycles. The Bertz CT molecular complexity index is 1280. The van der Waals surface area contributed by atoms with Crippen molar-refractivity contribution in [2.45, 2.75) is 6.04 Å². The van der Waals surface area contributed by atoms with Crippen molar-refractivity contribution in [1.29, 1.82) is 0 Å². The van der Waals surface area contributed by atoms with E-state index in [-0.39, 0.29) is 22.1 Å². The lowest BCUT2D eigenvalue weighted by Crippen LogP contribution is -2.44. The smallest absolute Gasteiger partial charge is 0.336 e. The molecule has 3 aromatic carbocycles. The highest BCUT2D eigenvalue weighted by Gasteiger charge is 2.35. The molecule has 0 atom stereocenters. The van der Waals surface area contributed by atoms with Crippen LogP contribution in [0.15, 0.2) is 78.4 Å². The van der Waals surface area contributed by atoms with Crippen LogP contribution in [0.1, 0.15) is 33.1 Å². The second-order valence-electron chi connectivity index (χ2n) is 7.97. The molecule has 0 aliphatic carbocycles. The van der Waals surface area contributed by atoms with Crippen LogP contribution in [0, 0.1) is 0 Å². The fraction of sp³-hybridized carbons (Fsp3) is 0.160. The fourth-order valence-corrected chi connectivity index (χ4v) is 5.68. The normalized spacial score (nSPS) is 14.2. The lowest BCUT2D eigenvalue weighted by Gasteiger charge is -2.42. The summed E-state index contributed by atoms with van der Waals surface area (Å²) in [7, 11) is -3.67. The molecule has 8 heteroatoms. The summed E-state index contributed by atoms with van der Waals surface area (Å²) in [5.41, 5.74) is 2.88. The van der Waals surface area contributed by atoms with Crippen LogP contribution in [0.4, 0.5) is 0 Å². The number of likely N-dealkylation sites (tertiary alicyclic amines) is 1. The van der Waals surface area contributed by atoms with Gasteiger partial charge in [0.05, 0.1) is 16.5 Å². The summed E-state index contributed by atoms with van der Waals surface area (Å²) in [6, 6.07) is 21.1. The monoisotopic (exact) mass is 501 g/mol. The van der Waals surface area contributed by atoms with Crippen LogP contribution < -0.4 is 0 Å². The molecule has 1 aliphatic rings. The molecule has 0 saturated carbocycles. The Labute approximate surface area is 202 Å². The molecule has 1 N–H and O–H groups in total. The van der Waals surface area contributed by atoms with E-state index in [1.54, 1.807) is 18.2 Å². The van der Waals surface area contributed by atoms with Crippen molar-refractivity contribution < 1.29 is 18.3 Å². The van der Waals surface area contributed by atoms with Crippen molar-refractivity contribution >= 4 is 43.9 Å². The van der Waals surface area contributed by atoms with Gasteiger partial charge in [-0.1, -0.05) is 65.7 Å². The molecule has 0 aromatic heterocycles. The van der Waals surface area contributed by atoms with Crippen molar-refractivity contribution in [3.63, 3.8) is 0 Å². The third-order valence-electron chi connectivity index (χ3n) is 5.62. The SMILES string of the molecule is CS(=O)(=O)C(=C1CN(C(c2ccc(Cl)cc2)c2ccc(Cl)cc2)C1)c1ccccc1C(=O)O. The van der Waals surface area contributed by atoms with E-state index in [1.807, 2.05) is 48.5 Å². The zero-order valence-corrected chi connectivity index (χ0v) is 20.0. The van der Waals surface area contributed by atoms with E-state index in [0.29, 0.717) is 28.7 Å². The molecule has 0 bridgehead atoms. The molecule has 1 fully saturated rings. The summed E-state index contributed by atoms with van der Waals surface area (Å²) >= 11 is 12.2. The van der Waals surface area contributed by atoms with Crippen LogP contribution >= 0.6 is 23.2 Å². The second-order valence-corrected chi connectivity index (χ2v) is 10.8. The van der Waals surface area contributed by atoms with Gasteiger partial charge in [-0.25, -0.2) is 13.2 Å². The maximum Gasteiger partial charge on any atom is 0.336 e. The van der Waals surface area contributed by atoms with Gasteiger partial charge in [0.25, 0.3) is 0 Å². The van der Waals surface area contributed by atoms with E-state index in [9.17, 15) is 18.3 Å². The first-order valence-corrected chi connectivity index (χ1v) is 12.8. The molecule has 0 amide bonds. The molecule has 1 aliphatic heterocycles. The lowest BCUT2D eigenvalue weighted by atomic mass is 9.91. The minimum atomic E-state index is -3.67. The van der Waals surface area contributed by atoms with E-state index in [0.717, 1.165) is 17.4 Å². The topological polar surface area (TPSA) is 74.7 Å². The van der Waals surface area contributed by atoms with E-state index < -0.39 is 15.8 Å². The molecule has 170 valence electrons. The molecule has 0 radical (unpaired) electrons. The van der Waals surface area contributed by atoms with Gasteiger partial charge in [0, 0.05) is 35.0 Å². The average molecular weight is 502 g/mol. The number of benzene rings is 3. The Morgan fingerprint density at radius 1 is 0.848 bits per heavy atom. The predicted octanol–water partition coefficient (Wildman–Crippen LogP) is 5.55. The highest BCUT2D eigenvalue weighted by atomic mass is 35.5. The Morgan fingerprint density at radius 3 is 1.73 bits per heavy atom. The minimum Gasteiger partial charge on any atom is -0.478 e. The summed E-state index contributed by atoms with van der Waals surface area (Å²) in [4.78, 5) is 14.0. The predicted molar refractivity (Wildman–Crippen MR) is 131 cm³/mol. The third-order valence-corrected chi connectivity index (χ3v) is 7.37. The van der Waals surface area contributed by atoms with Crippen molar-refractivity contribution in [2.24, 2.45) is 0 Å². The number of hydrogen-bond donors (Lipinski definition) is 1. The third kappa shape index (κ3) is 4.99. The van der Waals surface area contributed by atoms with Gasteiger partial charge in [0.1, 0.15) is 0 Å². The van der Waals surface area contributed by atoms with Gasteiger partial charge in [-0.3, -0.25) is 4.90 Å². The van der Waals surface area contributed by atoms with Crippen LogP contribution in [-0.2, 0) is 9.84 Å². The van der Waals surface area contributed by atoms with Gasteiger partial charge in [-0.2, -0.15) is 0 Å². The standard InChI is InChI=1S/C25H21Cl2NO4S/c1-33(31,32)24(21-4-2-3-5-22(21)25(29)30)18-14-28(15-18)23(16-6-10-19(26)11-7-16)17-8-12-20(27)13-9-17/h2-13,23H,14-15H2,1H3,(H,29,30). The van der Waals surface area contributed by atoms with Crippen LogP contribution in [0.2, 0.25) is 10.0 Å². The number of nitrogens with zero attached hydrogens (tertiary/aromatic N) is 1. The Balaban J connectivity index is 1.76. The highest BCUT2D eigenvalue weighted by Crippen LogP contribution is 2.39. The van der Waals surface area contributed by atoms with Gasteiger partial charge in [-0.05, 0) is 47.0 Å². The zero-order chi connectivity index (χ0) is 23.8. The fourth-order valence-electron chi connectivity index (χ4n) is 4.19. The Hall–Kier alpha value is -2.64. The maximum absolute atomic E-state index is 12.7. The van der Waals surface area contributed by atoms with Crippen LogP contribution in [0.3, 0.4) is 0 Å². The summed E-state index contributed by atoms with van der Waals surface area (Å²) in [6.07, 6.45) is 1.12. The summed E-state index contributed by atoms with van der Waals surface area (Å²) in [5.74, 6) is -1.16. The first kappa shape index (κ1) is 23.5. The first-order chi connectivity index (χ1) is 15.6. The Morgan fingerprint density at radius 2 is 1.30 bits per heavy atom. The number of carbonyl (C=O) groups is 1. The number of halogens is 2. The van der Waals surface area contributed by atoms with Gasteiger partial charge < -0.3 is 5.11 Å². The van der Waals surface area contributed by atoms with Crippen molar-refractivity contribution in [1.82, 2.24) is 4.90 Å². The molecule has 5 nitrogen and oxygen atoms in total. The highest BCUT2D eigenvalue weighted by molar-refractivity contribution is 8.00. The Kier molecular flexibility index (Phi) is 6.64. The lowest BCUT2D eigenvalue weighted by molar-refractivity contribution is 0.0696.